The number of urea groups is 1. The number of primary amides is 1. The van der Waals surface area contributed by atoms with Gasteiger partial charge in [0.25, 0.3) is 0 Å². The summed E-state index contributed by atoms with van der Waals surface area (Å²) in [5.74, 6) is -1.73. The number of amides is 4. The number of azide groups is 1. The minimum atomic E-state index is -0.738. The minimum Gasteiger partial charge on any atom is -0.381 e. The Labute approximate surface area is 217 Å². The van der Waals surface area contributed by atoms with Gasteiger partial charge in [-0.05, 0) is 48.4 Å². The van der Waals surface area contributed by atoms with Gasteiger partial charge < -0.3 is 26.4 Å². The van der Waals surface area contributed by atoms with Gasteiger partial charge in [-0.3, -0.25) is 14.4 Å². The highest BCUT2D eigenvalue weighted by molar-refractivity contribution is 5.97. The second-order valence-corrected chi connectivity index (χ2v) is 9.03. The maximum absolute atomic E-state index is 13.2. The summed E-state index contributed by atoms with van der Waals surface area (Å²) >= 11 is 0. The van der Waals surface area contributed by atoms with Crippen LogP contribution in [-0.2, 0) is 25.7 Å². The fourth-order valence-electron chi connectivity index (χ4n) is 3.58. The van der Waals surface area contributed by atoms with Gasteiger partial charge in [-0.25, -0.2) is 4.79 Å². The molecule has 0 aliphatic carbocycles. The Balaban J connectivity index is 2.87. The summed E-state index contributed by atoms with van der Waals surface area (Å²) in [6, 6.07) is 5.43. The average Bonchev–Trinajstić information content (AvgIpc) is 2.86. The van der Waals surface area contributed by atoms with Gasteiger partial charge in [0, 0.05) is 42.5 Å². The van der Waals surface area contributed by atoms with Crippen LogP contribution in [0.1, 0.15) is 58.4 Å². The average molecular weight is 518 g/mol. The Morgan fingerprint density at radius 3 is 2.43 bits per heavy atom. The number of carbonyl (C=O) groups excluding carboxylic acids is 4. The van der Waals surface area contributed by atoms with E-state index in [0.717, 1.165) is 12.0 Å². The Hall–Kier alpha value is -3.63. The van der Waals surface area contributed by atoms with E-state index >= 15 is 0 Å². The molecular weight excluding hydrogens is 478 g/mol. The second kappa shape index (κ2) is 17.7. The molecule has 0 fully saturated rings. The molecule has 204 valence electrons. The zero-order valence-corrected chi connectivity index (χ0v) is 21.9. The number of Topliss-reactive ketones (excluding diaryl/α,β-unsaturated/α-hetero) is 1. The van der Waals surface area contributed by atoms with Gasteiger partial charge in [0.2, 0.25) is 11.8 Å². The first kappa shape index (κ1) is 31.4. The van der Waals surface area contributed by atoms with Gasteiger partial charge in [-0.2, -0.15) is 0 Å². The van der Waals surface area contributed by atoms with E-state index in [1.807, 2.05) is 20.8 Å². The third-order valence-electron chi connectivity index (χ3n) is 5.54. The molecule has 2 atom stereocenters. The van der Waals surface area contributed by atoms with Crippen molar-refractivity contribution < 1.29 is 23.9 Å². The molecule has 0 saturated heterocycles. The summed E-state index contributed by atoms with van der Waals surface area (Å²) in [7, 11) is 0. The number of ketones is 1. The molecule has 4 amide bonds. The SMILES string of the molecule is CCCOCCC(=O)N[C@H](C(=O)C[C@@H](CCCNC(N)=O)C(=O)Nc1ccc(CN=[N+]=[N-])cc1)C(C)C. The predicted molar refractivity (Wildman–Crippen MR) is 140 cm³/mol. The normalized spacial score (nSPS) is 12.2. The molecule has 1 aromatic carbocycles. The fourth-order valence-corrected chi connectivity index (χ4v) is 3.58. The van der Waals surface area contributed by atoms with E-state index in [1.54, 1.807) is 24.3 Å². The molecule has 0 aromatic heterocycles. The van der Waals surface area contributed by atoms with Crippen molar-refractivity contribution in [1.82, 2.24) is 10.6 Å². The number of hydrogen-bond acceptors (Lipinski definition) is 6. The number of nitrogens with zero attached hydrogens (tertiary/aromatic N) is 3. The first-order valence-electron chi connectivity index (χ1n) is 12.5. The molecule has 0 radical (unpaired) electrons. The molecule has 0 aliphatic rings. The van der Waals surface area contributed by atoms with Crippen molar-refractivity contribution in [1.29, 1.82) is 0 Å². The lowest BCUT2D eigenvalue weighted by Crippen LogP contribution is -2.45. The first-order valence-corrected chi connectivity index (χ1v) is 12.5. The van der Waals surface area contributed by atoms with Crippen molar-refractivity contribution in [3.63, 3.8) is 0 Å². The number of hydrogen-bond donors (Lipinski definition) is 4. The van der Waals surface area contributed by atoms with Crippen molar-refractivity contribution in [3.8, 4) is 0 Å². The molecule has 0 unspecified atom stereocenters. The quantitative estimate of drug-likeness (QED) is 0.100. The van der Waals surface area contributed by atoms with Crippen LogP contribution in [0.3, 0.4) is 0 Å². The number of nitrogens with one attached hydrogen (secondary N) is 3. The summed E-state index contributed by atoms with van der Waals surface area (Å²) in [4.78, 5) is 52.3. The first-order chi connectivity index (χ1) is 17.7. The summed E-state index contributed by atoms with van der Waals surface area (Å²) in [5.41, 5.74) is 14.9. The van der Waals surface area contributed by atoms with Gasteiger partial charge >= 0.3 is 6.03 Å². The van der Waals surface area contributed by atoms with Crippen LogP contribution in [-0.4, -0.2) is 49.4 Å². The largest absolute Gasteiger partial charge is 0.381 e. The fraction of sp³-hybridized carbons (Fsp3) is 0.600. The molecule has 1 aromatic rings. The molecule has 5 N–H and O–H groups in total. The smallest absolute Gasteiger partial charge is 0.312 e. The maximum atomic E-state index is 13.2. The second-order valence-electron chi connectivity index (χ2n) is 9.03. The maximum Gasteiger partial charge on any atom is 0.312 e. The van der Waals surface area contributed by atoms with Crippen molar-refractivity contribution in [3.05, 3.63) is 40.3 Å². The molecule has 1 rings (SSSR count). The summed E-state index contributed by atoms with van der Waals surface area (Å²) < 4.78 is 5.35. The standard InChI is InChI=1S/C25H39N7O5/c1-4-13-37-14-11-22(34)31-23(17(2)3)21(33)15-19(6-5-12-28-25(26)36)24(35)30-20-9-7-18(8-10-20)16-29-32-27/h7-10,17,19,23H,4-6,11-16H2,1-3H3,(H,30,35)(H,31,34)(H3,26,28,36)/t19-,23+/m1/s1. The summed E-state index contributed by atoms with van der Waals surface area (Å²) in [6.45, 7) is 6.95. The lowest BCUT2D eigenvalue weighted by atomic mass is 9.89. The van der Waals surface area contributed by atoms with Crippen LogP contribution >= 0.6 is 0 Å². The number of ether oxygens (including phenoxy) is 1. The molecule has 0 aliphatic heterocycles. The number of anilines is 1. The van der Waals surface area contributed by atoms with E-state index in [0.29, 0.717) is 25.1 Å². The third kappa shape index (κ3) is 13.3. The topological polar surface area (TPSA) is 188 Å². The van der Waals surface area contributed by atoms with Crippen LogP contribution in [0.15, 0.2) is 29.4 Å². The zero-order chi connectivity index (χ0) is 27.6. The Kier molecular flexibility index (Phi) is 15.1. The molecule has 0 spiro atoms. The molecule has 0 saturated carbocycles. The Morgan fingerprint density at radius 1 is 1.14 bits per heavy atom. The van der Waals surface area contributed by atoms with Crippen LogP contribution in [0.5, 0.6) is 0 Å². The van der Waals surface area contributed by atoms with Crippen molar-refractivity contribution in [2.45, 2.75) is 65.5 Å². The molecule has 12 heteroatoms. The van der Waals surface area contributed by atoms with Gasteiger partial charge in [-0.15, -0.1) is 0 Å². The van der Waals surface area contributed by atoms with Crippen LogP contribution < -0.4 is 21.7 Å². The van der Waals surface area contributed by atoms with Crippen LogP contribution in [0.2, 0.25) is 0 Å². The summed E-state index contributed by atoms with van der Waals surface area (Å²) in [6.07, 6.45) is 1.69. The monoisotopic (exact) mass is 517 g/mol. The van der Waals surface area contributed by atoms with E-state index in [2.05, 4.69) is 26.0 Å². The number of benzene rings is 1. The zero-order valence-electron chi connectivity index (χ0n) is 21.9. The van der Waals surface area contributed by atoms with Gasteiger partial charge in [0.05, 0.1) is 19.2 Å². The highest BCUT2D eigenvalue weighted by Crippen LogP contribution is 2.19. The lowest BCUT2D eigenvalue weighted by molar-refractivity contribution is -0.131. The highest BCUT2D eigenvalue weighted by atomic mass is 16.5. The molecule has 0 heterocycles. The van der Waals surface area contributed by atoms with Crippen LogP contribution in [0, 0.1) is 11.8 Å². The predicted octanol–water partition coefficient (Wildman–Crippen LogP) is 3.42. The number of rotatable bonds is 18. The van der Waals surface area contributed by atoms with Crippen molar-refractivity contribution in [2.24, 2.45) is 22.7 Å². The lowest BCUT2D eigenvalue weighted by Gasteiger charge is -2.24. The van der Waals surface area contributed by atoms with Gasteiger partial charge in [0.15, 0.2) is 5.78 Å². The Bertz CT molecular complexity index is 930. The summed E-state index contributed by atoms with van der Waals surface area (Å²) in [5, 5.41) is 11.6. The minimum absolute atomic E-state index is 0.0766. The van der Waals surface area contributed by atoms with Crippen LogP contribution in [0.25, 0.3) is 10.4 Å². The molecular formula is C25H39N7O5. The van der Waals surface area contributed by atoms with E-state index in [9.17, 15) is 19.2 Å². The van der Waals surface area contributed by atoms with Gasteiger partial charge in [-0.1, -0.05) is 38.0 Å². The van der Waals surface area contributed by atoms with E-state index < -0.39 is 18.0 Å². The third-order valence-corrected chi connectivity index (χ3v) is 5.54. The van der Waals surface area contributed by atoms with E-state index in [1.165, 1.54) is 0 Å². The van der Waals surface area contributed by atoms with E-state index in [4.69, 9.17) is 16.0 Å². The number of carbonyl (C=O) groups is 4. The Morgan fingerprint density at radius 2 is 1.84 bits per heavy atom. The molecule has 0 bridgehead atoms. The molecule has 37 heavy (non-hydrogen) atoms. The van der Waals surface area contributed by atoms with E-state index in [-0.39, 0.29) is 56.1 Å². The highest BCUT2D eigenvalue weighted by Gasteiger charge is 2.29. The van der Waals surface area contributed by atoms with Crippen molar-refractivity contribution >= 4 is 29.3 Å². The van der Waals surface area contributed by atoms with Crippen LogP contribution in [0.4, 0.5) is 10.5 Å². The van der Waals surface area contributed by atoms with Gasteiger partial charge in [0.1, 0.15) is 0 Å². The number of nitrogens with two attached hydrogens (primary N) is 1. The van der Waals surface area contributed by atoms with Crippen molar-refractivity contribution in [2.75, 3.05) is 25.1 Å². The molecule has 12 nitrogen and oxygen atoms in total.